The Bertz CT molecular complexity index is 463. The molecule has 0 atom stereocenters. The van der Waals surface area contributed by atoms with Crippen molar-refractivity contribution in [2.75, 3.05) is 19.7 Å². The van der Waals surface area contributed by atoms with Crippen LogP contribution in [0.15, 0.2) is 0 Å². The number of nitrogens with zero attached hydrogens (tertiary/aromatic N) is 1. The number of carbonyl (C=O) groups excluding carboxylic acids is 2. The van der Waals surface area contributed by atoms with Crippen molar-refractivity contribution in [1.29, 1.82) is 0 Å². The summed E-state index contributed by atoms with van der Waals surface area (Å²) in [5.74, 6) is -0.231. The van der Waals surface area contributed by atoms with Gasteiger partial charge in [-0.1, -0.05) is 0 Å². The van der Waals surface area contributed by atoms with Crippen LogP contribution in [0.3, 0.4) is 0 Å². The number of aliphatic hydroxyl groups is 1. The van der Waals surface area contributed by atoms with Crippen LogP contribution in [0.1, 0.15) is 46.0 Å². The molecule has 0 saturated carbocycles. The fourth-order valence-corrected chi connectivity index (χ4v) is 2.17. The summed E-state index contributed by atoms with van der Waals surface area (Å²) < 4.78 is 0. The van der Waals surface area contributed by atoms with Crippen molar-refractivity contribution in [3.8, 4) is 0 Å². The minimum absolute atomic E-state index is 0.0505. The molecule has 5 heteroatoms. The summed E-state index contributed by atoms with van der Waals surface area (Å²) in [5, 5.41) is 8.92. The van der Waals surface area contributed by atoms with Gasteiger partial charge in [-0.25, -0.2) is 0 Å². The van der Waals surface area contributed by atoms with Crippen molar-refractivity contribution in [3.05, 3.63) is 22.5 Å². The SMILES string of the molecule is CCN(CCO)C(=O)c1[nH]c(C)c(C(C)=O)c1C. The molecule has 1 aromatic heterocycles. The van der Waals surface area contributed by atoms with E-state index >= 15 is 0 Å². The number of hydrogen-bond donors (Lipinski definition) is 2. The van der Waals surface area contributed by atoms with Crippen molar-refractivity contribution in [3.63, 3.8) is 0 Å². The Kier molecular flexibility index (Phi) is 4.67. The lowest BCUT2D eigenvalue weighted by Gasteiger charge is -2.19. The van der Waals surface area contributed by atoms with E-state index in [1.54, 1.807) is 18.7 Å². The molecule has 100 valence electrons. The van der Waals surface area contributed by atoms with Crippen LogP contribution in [0.25, 0.3) is 0 Å². The summed E-state index contributed by atoms with van der Waals surface area (Å²) in [4.78, 5) is 28.3. The highest BCUT2D eigenvalue weighted by molar-refractivity contribution is 6.02. The Morgan fingerprint density at radius 1 is 1.33 bits per heavy atom. The first-order valence-electron chi connectivity index (χ1n) is 6.04. The van der Waals surface area contributed by atoms with Gasteiger partial charge >= 0.3 is 0 Å². The van der Waals surface area contributed by atoms with Gasteiger partial charge in [0.1, 0.15) is 5.69 Å². The predicted octanol–water partition coefficient (Wildman–Crippen LogP) is 1.29. The highest BCUT2D eigenvalue weighted by Gasteiger charge is 2.22. The topological polar surface area (TPSA) is 73.4 Å². The normalized spacial score (nSPS) is 10.5. The fraction of sp³-hybridized carbons (Fsp3) is 0.538. The molecule has 1 amide bonds. The quantitative estimate of drug-likeness (QED) is 0.775. The molecule has 1 heterocycles. The minimum atomic E-state index is -0.181. The van der Waals surface area contributed by atoms with Gasteiger partial charge in [-0.05, 0) is 33.3 Å². The molecule has 0 aliphatic carbocycles. The third kappa shape index (κ3) is 2.61. The first-order valence-corrected chi connectivity index (χ1v) is 6.04. The van der Waals surface area contributed by atoms with Gasteiger partial charge in [0, 0.05) is 24.3 Å². The van der Waals surface area contributed by atoms with Gasteiger partial charge in [0.05, 0.1) is 6.61 Å². The van der Waals surface area contributed by atoms with Crippen LogP contribution >= 0.6 is 0 Å². The molecule has 0 aliphatic rings. The van der Waals surface area contributed by atoms with Crippen LogP contribution in [0.5, 0.6) is 0 Å². The molecule has 2 N–H and O–H groups in total. The van der Waals surface area contributed by atoms with Gasteiger partial charge in [0.15, 0.2) is 5.78 Å². The van der Waals surface area contributed by atoms with Crippen LogP contribution in [-0.2, 0) is 0 Å². The number of nitrogens with one attached hydrogen (secondary N) is 1. The van der Waals surface area contributed by atoms with Gasteiger partial charge in [-0.2, -0.15) is 0 Å². The summed E-state index contributed by atoms with van der Waals surface area (Å²) in [6, 6.07) is 0. The summed E-state index contributed by atoms with van der Waals surface area (Å²) in [6.07, 6.45) is 0. The molecule has 18 heavy (non-hydrogen) atoms. The van der Waals surface area contributed by atoms with Gasteiger partial charge in [-0.15, -0.1) is 0 Å². The van der Waals surface area contributed by atoms with E-state index in [1.807, 2.05) is 6.92 Å². The second kappa shape index (κ2) is 5.82. The van der Waals surface area contributed by atoms with E-state index in [2.05, 4.69) is 4.98 Å². The monoisotopic (exact) mass is 252 g/mol. The molecule has 0 saturated heterocycles. The zero-order valence-corrected chi connectivity index (χ0v) is 11.3. The molecule has 0 aliphatic heterocycles. The number of amides is 1. The van der Waals surface area contributed by atoms with Crippen molar-refractivity contribution < 1.29 is 14.7 Å². The molecular weight excluding hydrogens is 232 g/mol. The van der Waals surface area contributed by atoms with Crippen molar-refractivity contribution in [2.45, 2.75) is 27.7 Å². The van der Waals surface area contributed by atoms with Crippen LogP contribution in [-0.4, -0.2) is 46.4 Å². The lowest BCUT2D eigenvalue weighted by molar-refractivity contribution is 0.0726. The zero-order chi connectivity index (χ0) is 13.9. The summed E-state index contributed by atoms with van der Waals surface area (Å²) in [5.41, 5.74) is 2.41. The smallest absolute Gasteiger partial charge is 0.270 e. The molecule has 0 spiro atoms. The van der Waals surface area contributed by atoms with E-state index in [0.717, 1.165) is 0 Å². The number of aryl methyl sites for hydroxylation is 1. The second-order valence-corrected chi connectivity index (χ2v) is 4.29. The van der Waals surface area contributed by atoms with Crippen molar-refractivity contribution in [2.24, 2.45) is 0 Å². The number of carbonyl (C=O) groups is 2. The molecule has 0 fully saturated rings. The number of hydrogen-bond acceptors (Lipinski definition) is 3. The van der Waals surface area contributed by atoms with E-state index in [9.17, 15) is 9.59 Å². The van der Waals surface area contributed by atoms with Crippen LogP contribution in [0, 0.1) is 13.8 Å². The largest absolute Gasteiger partial charge is 0.395 e. The average Bonchev–Trinajstić information content (AvgIpc) is 2.60. The number of H-pyrrole nitrogens is 1. The second-order valence-electron chi connectivity index (χ2n) is 4.29. The van der Waals surface area contributed by atoms with Gasteiger partial charge < -0.3 is 15.0 Å². The number of aromatic amines is 1. The molecule has 0 unspecified atom stereocenters. The molecule has 1 rings (SSSR count). The third-order valence-electron chi connectivity index (χ3n) is 3.04. The van der Waals surface area contributed by atoms with Crippen LogP contribution < -0.4 is 0 Å². The number of ketones is 1. The number of likely N-dealkylation sites (N-methyl/N-ethyl adjacent to an activating group) is 1. The number of aliphatic hydroxyl groups excluding tert-OH is 1. The van der Waals surface area contributed by atoms with Crippen LogP contribution in [0.4, 0.5) is 0 Å². The fourth-order valence-electron chi connectivity index (χ4n) is 2.17. The van der Waals surface area contributed by atoms with Gasteiger partial charge in [0.2, 0.25) is 0 Å². The Morgan fingerprint density at radius 3 is 2.33 bits per heavy atom. The summed E-state index contributed by atoms with van der Waals surface area (Å²) in [7, 11) is 0. The Labute approximate surface area is 107 Å². The number of rotatable bonds is 5. The molecule has 0 radical (unpaired) electrons. The highest BCUT2D eigenvalue weighted by Crippen LogP contribution is 2.19. The Morgan fingerprint density at radius 2 is 1.94 bits per heavy atom. The summed E-state index contributed by atoms with van der Waals surface area (Å²) in [6.45, 7) is 7.63. The molecular formula is C13H20N2O3. The molecule has 0 bridgehead atoms. The number of aromatic nitrogens is 1. The van der Waals surface area contributed by atoms with Gasteiger partial charge in [-0.3, -0.25) is 9.59 Å². The minimum Gasteiger partial charge on any atom is -0.395 e. The van der Waals surface area contributed by atoms with Crippen molar-refractivity contribution in [1.82, 2.24) is 9.88 Å². The Balaban J connectivity index is 3.14. The Hall–Kier alpha value is -1.62. The maximum atomic E-state index is 12.2. The third-order valence-corrected chi connectivity index (χ3v) is 3.04. The van der Waals surface area contributed by atoms with E-state index in [4.69, 9.17) is 5.11 Å². The van der Waals surface area contributed by atoms with E-state index in [1.165, 1.54) is 6.92 Å². The van der Waals surface area contributed by atoms with Crippen molar-refractivity contribution >= 4 is 11.7 Å². The maximum Gasteiger partial charge on any atom is 0.270 e. The molecule has 1 aromatic rings. The van der Waals surface area contributed by atoms with E-state index in [-0.39, 0.29) is 18.3 Å². The zero-order valence-electron chi connectivity index (χ0n) is 11.3. The highest BCUT2D eigenvalue weighted by atomic mass is 16.3. The standard InChI is InChI=1S/C13H20N2O3/c1-5-15(6-7-16)13(18)12-8(2)11(10(4)17)9(3)14-12/h14,16H,5-7H2,1-4H3. The van der Waals surface area contributed by atoms with E-state index < -0.39 is 0 Å². The maximum absolute atomic E-state index is 12.2. The first-order chi connectivity index (χ1) is 8.43. The summed E-state index contributed by atoms with van der Waals surface area (Å²) >= 11 is 0. The lowest BCUT2D eigenvalue weighted by Crippen LogP contribution is -2.34. The van der Waals surface area contributed by atoms with Crippen LogP contribution in [0.2, 0.25) is 0 Å². The molecule has 5 nitrogen and oxygen atoms in total. The first kappa shape index (κ1) is 14.4. The molecule has 0 aromatic carbocycles. The number of Topliss-reactive ketones (excluding diaryl/α,β-unsaturated/α-hetero) is 1. The van der Waals surface area contributed by atoms with Gasteiger partial charge in [0.25, 0.3) is 5.91 Å². The average molecular weight is 252 g/mol. The predicted molar refractivity (Wildman–Crippen MR) is 68.9 cm³/mol. The lowest BCUT2D eigenvalue weighted by atomic mass is 10.1. The van der Waals surface area contributed by atoms with E-state index in [0.29, 0.717) is 35.6 Å².